The molecule has 0 saturated carbocycles. The molecule has 0 aliphatic heterocycles. The molecule has 0 aliphatic rings. The number of allylic oxidation sites excluding steroid dienone is 2. The van der Waals surface area contributed by atoms with Crippen LogP contribution in [0.5, 0.6) is 11.5 Å². The number of phenols is 1. The number of benzene rings is 2. The first-order chi connectivity index (χ1) is 11.2. The van der Waals surface area contributed by atoms with Crippen LogP contribution in [0.15, 0.2) is 55.1 Å². The van der Waals surface area contributed by atoms with Crippen molar-refractivity contribution >= 4 is 12.4 Å². The van der Waals surface area contributed by atoms with Gasteiger partial charge in [0.05, 0.1) is 12.7 Å². The minimum atomic E-state index is 0.283. The van der Waals surface area contributed by atoms with Crippen LogP contribution >= 0.6 is 0 Å². The van der Waals surface area contributed by atoms with Gasteiger partial charge in [-0.1, -0.05) is 36.4 Å². The molecule has 118 valence electrons. The van der Waals surface area contributed by atoms with Gasteiger partial charge in [0, 0.05) is 0 Å². The van der Waals surface area contributed by atoms with Crippen molar-refractivity contribution in [3.05, 3.63) is 77.4 Å². The molecule has 1 N–H and O–H groups in total. The predicted octanol–water partition coefficient (Wildman–Crippen LogP) is 4.20. The summed E-state index contributed by atoms with van der Waals surface area (Å²) in [5, 5.41) is 9.93. The second-order valence-corrected chi connectivity index (χ2v) is 5.18. The fourth-order valence-corrected chi connectivity index (χ4v) is 2.37. The van der Waals surface area contributed by atoms with Gasteiger partial charge < -0.3 is 9.84 Å². The van der Waals surface area contributed by atoms with Gasteiger partial charge in [0.15, 0.2) is 6.29 Å². The molecular formula is C20H20O3. The number of carbonyl (C=O) groups is 1. The zero-order chi connectivity index (χ0) is 16.7. The minimum Gasteiger partial charge on any atom is -0.508 e. The summed E-state index contributed by atoms with van der Waals surface area (Å²) in [6, 6.07) is 11.0. The van der Waals surface area contributed by atoms with Gasteiger partial charge in [0.1, 0.15) is 11.5 Å². The topological polar surface area (TPSA) is 46.5 Å². The van der Waals surface area contributed by atoms with Crippen molar-refractivity contribution in [3.63, 3.8) is 0 Å². The molecule has 0 aromatic heterocycles. The fourth-order valence-electron chi connectivity index (χ4n) is 2.37. The Hall–Kier alpha value is -2.81. The number of phenolic OH excluding ortho intramolecular Hbond substituents is 1. The van der Waals surface area contributed by atoms with Crippen LogP contribution in [-0.4, -0.2) is 18.5 Å². The summed E-state index contributed by atoms with van der Waals surface area (Å²) in [5.41, 5.74) is 3.42. The van der Waals surface area contributed by atoms with E-state index in [4.69, 9.17) is 4.74 Å². The van der Waals surface area contributed by atoms with Gasteiger partial charge in [-0.15, -0.1) is 6.58 Å². The zero-order valence-corrected chi connectivity index (χ0v) is 13.2. The molecule has 0 radical (unpaired) electrons. The summed E-state index contributed by atoms with van der Waals surface area (Å²) >= 11 is 0. The third kappa shape index (κ3) is 4.33. The molecule has 0 heterocycles. The van der Waals surface area contributed by atoms with Crippen LogP contribution in [0.25, 0.3) is 6.08 Å². The van der Waals surface area contributed by atoms with Crippen molar-refractivity contribution in [2.45, 2.75) is 12.8 Å². The van der Waals surface area contributed by atoms with Crippen LogP contribution in [0.1, 0.15) is 27.0 Å². The highest BCUT2D eigenvalue weighted by atomic mass is 16.5. The summed E-state index contributed by atoms with van der Waals surface area (Å²) in [6.07, 6.45) is 7.89. The van der Waals surface area contributed by atoms with Gasteiger partial charge in [-0.05, 0) is 47.7 Å². The molecule has 0 saturated heterocycles. The van der Waals surface area contributed by atoms with Crippen molar-refractivity contribution in [1.29, 1.82) is 0 Å². The molecule has 0 atom stereocenters. The average molecular weight is 308 g/mol. The fraction of sp³-hybridized carbons (Fsp3) is 0.150. The molecule has 0 unspecified atom stereocenters. The standard InChI is InChI=1S/C20H20O3/c1-3-5-15-8-10-19(22)17(12-15)7-4-6-16-9-11-20(23-2)18(13-16)14-21/h3-4,6,8-14,22H,1,5,7H2,2H3. The summed E-state index contributed by atoms with van der Waals surface area (Å²) in [5.74, 6) is 0.845. The summed E-state index contributed by atoms with van der Waals surface area (Å²) < 4.78 is 5.12. The maximum absolute atomic E-state index is 11.0. The van der Waals surface area contributed by atoms with E-state index in [-0.39, 0.29) is 5.75 Å². The normalized spacial score (nSPS) is 10.7. The molecular weight excluding hydrogens is 288 g/mol. The number of aromatic hydroxyl groups is 1. The molecule has 0 fully saturated rings. The van der Waals surface area contributed by atoms with E-state index in [0.29, 0.717) is 17.7 Å². The largest absolute Gasteiger partial charge is 0.508 e. The van der Waals surface area contributed by atoms with E-state index >= 15 is 0 Å². The lowest BCUT2D eigenvalue weighted by Crippen LogP contribution is -1.91. The maximum atomic E-state index is 11.0. The lowest BCUT2D eigenvalue weighted by atomic mass is 10.0. The summed E-state index contributed by atoms with van der Waals surface area (Å²) in [6.45, 7) is 3.73. The monoisotopic (exact) mass is 308 g/mol. The van der Waals surface area contributed by atoms with Gasteiger partial charge >= 0.3 is 0 Å². The molecule has 3 nitrogen and oxygen atoms in total. The summed E-state index contributed by atoms with van der Waals surface area (Å²) in [7, 11) is 1.54. The van der Waals surface area contributed by atoms with Crippen molar-refractivity contribution in [2.75, 3.05) is 7.11 Å². The maximum Gasteiger partial charge on any atom is 0.153 e. The van der Waals surface area contributed by atoms with E-state index < -0.39 is 0 Å². The van der Waals surface area contributed by atoms with Gasteiger partial charge in [0.2, 0.25) is 0 Å². The predicted molar refractivity (Wildman–Crippen MR) is 93.1 cm³/mol. The van der Waals surface area contributed by atoms with Gasteiger partial charge in [-0.25, -0.2) is 0 Å². The first-order valence-corrected chi connectivity index (χ1v) is 7.39. The van der Waals surface area contributed by atoms with Gasteiger partial charge in [-0.2, -0.15) is 0 Å². The summed E-state index contributed by atoms with van der Waals surface area (Å²) in [4.78, 5) is 11.0. The van der Waals surface area contributed by atoms with Crippen LogP contribution < -0.4 is 4.74 Å². The highest BCUT2D eigenvalue weighted by molar-refractivity contribution is 5.80. The van der Waals surface area contributed by atoms with E-state index in [1.807, 2.05) is 36.4 Å². The number of carbonyl (C=O) groups excluding carboxylic acids is 1. The molecule has 2 aromatic carbocycles. The number of rotatable bonds is 7. The Morgan fingerprint density at radius 1 is 1.17 bits per heavy atom. The number of ether oxygens (including phenoxy) is 1. The second-order valence-electron chi connectivity index (χ2n) is 5.18. The minimum absolute atomic E-state index is 0.283. The van der Waals surface area contributed by atoms with Crippen molar-refractivity contribution < 1.29 is 14.6 Å². The highest BCUT2D eigenvalue weighted by Crippen LogP contribution is 2.22. The second kappa shape index (κ2) is 7.99. The highest BCUT2D eigenvalue weighted by Gasteiger charge is 2.03. The van der Waals surface area contributed by atoms with Gasteiger partial charge in [-0.3, -0.25) is 4.79 Å². The van der Waals surface area contributed by atoms with E-state index in [1.165, 1.54) is 7.11 Å². The molecule has 0 bridgehead atoms. The van der Waals surface area contributed by atoms with Crippen LogP contribution in [0, 0.1) is 0 Å². The number of hydrogen-bond acceptors (Lipinski definition) is 3. The SMILES string of the molecule is C=CCc1ccc(O)c(CC=Cc2ccc(OC)c(C=O)c2)c1. The third-order valence-corrected chi connectivity index (χ3v) is 3.55. The Kier molecular flexibility index (Phi) is 5.75. The molecule has 3 heteroatoms. The van der Waals surface area contributed by atoms with E-state index in [9.17, 15) is 9.90 Å². The number of methoxy groups -OCH3 is 1. The Labute approximate surface area is 136 Å². The molecule has 0 spiro atoms. The third-order valence-electron chi connectivity index (χ3n) is 3.55. The molecule has 2 aromatic rings. The lowest BCUT2D eigenvalue weighted by Gasteiger charge is -2.05. The molecule has 2 rings (SSSR count). The lowest BCUT2D eigenvalue weighted by molar-refractivity contribution is 0.112. The Morgan fingerprint density at radius 3 is 2.70 bits per heavy atom. The number of hydrogen-bond donors (Lipinski definition) is 1. The molecule has 0 aliphatic carbocycles. The van der Waals surface area contributed by atoms with Crippen LogP contribution in [0.4, 0.5) is 0 Å². The Balaban J connectivity index is 2.14. The molecule has 23 heavy (non-hydrogen) atoms. The van der Waals surface area contributed by atoms with E-state index in [2.05, 4.69) is 6.58 Å². The zero-order valence-electron chi connectivity index (χ0n) is 13.2. The van der Waals surface area contributed by atoms with Crippen molar-refractivity contribution in [3.8, 4) is 11.5 Å². The smallest absolute Gasteiger partial charge is 0.153 e. The van der Waals surface area contributed by atoms with E-state index in [1.54, 1.807) is 18.2 Å². The van der Waals surface area contributed by atoms with E-state index in [0.717, 1.165) is 29.4 Å². The quantitative estimate of drug-likeness (QED) is 0.616. The van der Waals surface area contributed by atoms with Crippen LogP contribution in [0.3, 0.4) is 0 Å². The first kappa shape index (κ1) is 16.6. The Bertz CT molecular complexity index is 730. The van der Waals surface area contributed by atoms with Crippen molar-refractivity contribution in [1.82, 2.24) is 0 Å². The van der Waals surface area contributed by atoms with Crippen molar-refractivity contribution in [2.24, 2.45) is 0 Å². The average Bonchev–Trinajstić information content (AvgIpc) is 2.57. The first-order valence-electron chi connectivity index (χ1n) is 7.39. The Morgan fingerprint density at radius 2 is 2.00 bits per heavy atom. The van der Waals surface area contributed by atoms with Crippen LogP contribution in [-0.2, 0) is 12.8 Å². The number of aldehydes is 1. The van der Waals surface area contributed by atoms with Crippen LogP contribution in [0.2, 0.25) is 0 Å². The molecule has 0 amide bonds. The van der Waals surface area contributed by atoms with Gasteiger partial charge in [0.25, 0.3) is 0 Å².